The minimum Gasteiger partial charge on any atom is -0.354 e. The third-order valence-corrected chi connectivity index (χ3v) is 7.84. The Morgan fingerprint density at radius 2 is 1.73 bits per heavy atom. The van der Waals surface area contributed by atoms with Gasteiger partial charge < -0.3 is 10.2 Å². The number of nitrogens with zero attached hydrogens (tertiary/aromatic N) is 2. The number of likely N-dealkylation sites (N-methyl/N-ethyl adjacent to an activating group) is 1. The van der Waals surface area contributed by atoms with Gasteiger partial charge in [0.2, 0.25) is 5.91 Å². The number of fused-ring (bicyclic) bond motifs is 1. The van der Waals surface area contributed by atoms with E-state index in [4.69, 9.17) is 0 Å². The van der Waals surface area contributed by atoms with E-state index in [0.717, 1.165) is 19.5 Å². The molecule has 2 aromatic rings. The standard InChI is InChI=1S/C29H45N3O/c1-5-31(6-2)22-28(33)30-23-29(24(3)4,18-9-10-19-32-20-11-12-21-32)27-17-13-15-25-14-7-8-16-26(25)27/h7-8,13-17,24H,5-6,9-12,18-23H2,1-4H3,(H,30,33). The maximum atomic E-state index is 12.9. The number of benzene rings is 2. The summed E-state index contributed by atoms with van der Waals surface area (Å²) in [7, 11) is 0. The van der Waals surface area contributed by atoms with Crippen molar-refractivity contribution in [3.63, 3.8) is 0 Å². The van der Waals surface area contributed by atoms with E-state index in [9.17, 15) is 4.79 Å². The van der Waals surface area contributed by atoms with Crippen molar-refractivity contribution in [2.24, 2.45) is 5.92 Å². The second kappa shape index (κ2) is 12.5. The van der Waals surface area contributed by atoms with Crippen molar-refractivity contribution in [2.75, 3.05) is 45.8 Å². The Bertz CT molecular complexity index is 865. The molecular weight excluding hydrogens is 406 g/mol. The Morgan fingerprint density at radius 1 is 1.03 bits per heavy atom. The van der Waals surface area contributed by atoms with E-state index in [0.29, 0.717) is 19.0 Å². The molecule has 1 unspecified atom stereocenters. The average molecular weight is 452 g/mol. The van der Waals surface area contributed by atoms with Crippen molar-refractivity contribution in [1.29, 1.82) is 0 Å². The number of nitrogens with one attached hydrogen (secondary N) is 1. The fourth-order valence-electron chi connectivity index (χ4n) is 5.53. The molecule has 3 rings (SSSR count). The molecule has 182 valence electrons. The van der Waals surface area contributed by atoms with Crippen LogP contribution in [0.25, 0.3) is 10.8 Å². The van der Waals surface area contributed by atoms with Crippen LogP contribution in [0.15, 0.2) is 42.5 Å². The van der Waals surface area contributed by atoms with Gasteiger partial charge in [-0.3, -0.25) is 9.69 Å². The highest BCUT2D eigenvalue weighted by atomic mass is 16.2. The van der Waals surface area contributed by atoms with Gasteiger partial charge in [-0.2, -0.15) is 0 Å². The lowest BCUT2D eigenvalue weighted by atomic mass is 9.67. The number of amides is 1. The third kappa shape index (κ3) is 6.58. The fraction of sp³-hybridized carbons (Fsp3) is 0.621. The van der Waals surface area contributed by atoms with Crippen LogP contribution < -0.4 is 5.32 Å². The first-order chi connectivity index (χ1) is 16.0. The van der Waals surface area contributed by atoms with Crippen LogP contribution in [-0.2, 0) is 10.2 Å². The quantitative estimate of drug-likeness (QED) is 0.411. The molecule has 2 aromatic carbocycles. The van der Waals surface area contributed by atoms with Crippen molar-refractivity contribution >= 4 is 16.7 Å². The average Bonchev–Trinajstić information content (AvgIpc) is 3.35. The highest BCUT2D eigenvalue weighted by Gasteiger charge is 2.37. The highest BCUT2D eigenvalue weighted by molar-refractivity contribution is 5.87. The Labute approximate surface area is 201 Å². The van der Waals surface area contributed by atoms with Gasteiger partial charge in [0.15, 0.2) is 0 Å². The zero-order chi connectivity index (χ0) is 23.7. The number of likely N-dealkylation sites (tertiary alicyclic amines) is 1. The lowest BCUT2D eigenvalue weighted by Gasteiger charge is -2.40. The second-order valence-electron chi connectivity index (χ2n) is 10.1. The van der Waals surface area contributed by atoms with Gasteiger partial charge in [-0.05, 0) is 80.7 Å². The molecule has 0 radical (unpaired) electrons. The molecule has 0 spiro atoms. The molecule has 1 aliphatic rings. The molecule has 33 heavy (non-hydrogen) atoms. The molecule has 1 amide bonds. The van der Waals surface area contributed by atoms with Crippen LogP contribution in [-0.4, -0.2) is 61.5 Å². The normalized spacial score (nSPS) is 16.5. The fourth-order valence-corrected chi connectivity index (χ4v) is 5.53. The van der Waals surface area contributed by atoms with Gasteiger partial charge >= 0.3 is 0 Å². The maximum absolute atomic E-state index is 12.9. The van der Waals surface area contributed by atoms with E-state index in [-0.39, 0.29) is 11.3 Å². The SMILES string of the molecule is CCN(CC)CC(=O)NCC(CCCCN1CCCC1)(c1cccc2ccccc12)C(C)C. The summed E-state index contributed by atoms with van der Waals surface area (Å²) in [6.07, 6.45) is 6.21. The Morgan fingerprint density at radius 3 is 2.42 bits per heavy atom. The summed E-state index contributed by atoms with van der Waals surface area (Å²) >= 11 is 0. The monoisotopic (exact) mass is 451 g/mol. The Hall–Kier alpha value is -1.91. The number of hydrogen-bond acceptors (Lipinski definition) is 3. The van der Waals surface area contributed by atoms with Gasteiger partial charge in [-0.15, -0.1) is 0 Å². The molecule has 1 fully saturated rings. The lowest BCUT2D eigenvalue weighted by Crippen LogP contribution is -2.47. The molecule has 0 aliphatic carbocycles. The van der Waals surface area contributed by atoms with Crippen molar-refractivity contribution in [2.45, 2.75) is 65.2 Å². The van der Waals surface area contributed by atoms with Crippen LogP contribution in [0, 0.1) is 5.92 Å². The van der Waals surface area contributed by atoms with Crippen LogP contribution >= 0.6 is 0 Å². The molecule has 1 saturated heterocycles. The number of unbranched alkanes of at least 4 members (excludes halogenated alkanes) is 1. The van der Waals surface area contributed by atoms with E-state index in [1.165, 1.54) is 61.7 Å². The van der Waals surface area contributed by atoms with Crippen molar-refractivity contribution in [3.8, 4) is 0 Å². The molecule has 1 N–H and O–H groups in total. The van der Waals surface area contributed by atoms with Gasteiger partial charge in [0.05, 0.1) is 6.54 Å². The van der Waals surface area contributed by atoms with Crippen LogP contribution in [0.4, 0.5) is 0 Å². The molecule has 4 heteroatoms. The zero-order valence-corrected chi connectivity index (χ0v) is 21.4. The molecule has 1 heterocycles. The second-order valence-corrected chi connectivity index (χ2v) is 10.1. The molecule has 0 bridgehead atoms. The third-order valence-electron chi connectivity index (χ3n) is 7.84. The summed E-state index contributed by atoms with van der Waals surface area (Å²) in [5, 5.41) is 5.97. The van der Waals surface area contributed by atoms with Gasteiger partial charge in [0.1, 0.15) is 0 Å². The van der Waals surface area contributed by atoms with Crippen LogP contribution in [0.3, 0.4) is 0 Å². The summed E-state index contributed by atoms with van der Waals surface area (Å²) < 4.78 is 0. The van der Waals surface area contributed by atoms with Gasteiger partial charge in [0.25, 0.3) is 0 Å². The summed E-state index contributed by atoms with van der Waals surface area (Å²) in [6, 6.07) is 15.4. The first-order valence-corrected chi connectivity index (χ1v) is 13.2. The highest BCUT2D eigenvalue weighted by Crippen LogP contribution is 2.40. The number of carbonyl (C=O) groups is 1. The topological polar surface area (TPSA) is 35.6 Å². The summed E-state index contributed by atoms with van der Waals surface area (Å²) in [5.41, 5.74) is 1.31. The summed E-state index contributed by atoms with van der Waals surface area (Å²) in [4.78, 5) is 17.7. The van der Waals surface area contributed by atoms with E-state index >= 15 is 0 Å². The predicted octanol–water partition coefficient (Wildman–Crippen LogP) is 5.46. The maximum Gasteiger partial charge on any atom is 0.234 e. The largest absolute Gasteiger partial charge is 0.354 e. The minimum atomic E-state index is -0.0786. The molecule has 0 saturated carbocycles. The predicted molar refractivity (Wildman–Crippen MR) is 141 cm³/mol. The summed E-state index contributed by atoms with van der Waals surface area (Å²) in [5.74, 6) is 0.560. The van der Waals surface area contributed by atoms with Crippen LogP contribution in [0.5, 0.6) is 0 Å². The van der Waals surface area contributed by atoms with Gasteiger partial charge in [-0.1, -0.05) is 76.6 Å². The van der Waals surface area contributed by atoms with E-state index in [2.05, 4.69) is 85.3 Å². The minimum absolute atomic E-state index is 0.0786. The van der Waals surface area contributed by atoms with Gasteiger partial charge in [0, 0.05) is 12.0 Å². The lowest BCUT2D eigenvalue weighted by molar-refractivity contribution is -0.122. The summed E-state index contributed by atoms with van der Waals surface area (Å²) in [6.45, 7) is 15.6. The number of rotatable bonds is 13. The first kappa shape index (κ1) is 25.7. The van der Waals surface area contributed by atoms with E-state index in [1.807, 2.05) is 0 Å². The first-order valence-electron chi connectivity index (χ1n) is 13.2. The smallest absolute Gasteiger partial charge is 0.234 e. The Balaban J connectivity index is 1.83. The van der Waals surface area contributed by atoms with E-state index in [1.54, 1.807) is 0 Å². The van der Waals surface area contributed by atoms with Crippen molar-refractivity contribution in [1.82, 2.24) is 15.1 Å². The number of carbonyl (C=O) groups excluding carboxylic acids is 1. The van der Waals surface area contributed by atoms with Crippen LogP contribution in [0.2, 0.25) is 0 Å². The van der Waals surface area contributed by atoms with Gasteiger partial charge in [-0.25, -0.2) is 0 Å². The molecule has 4 nitrogen and oxygen atoms in total. The molecule has 1 aliphatic heterocycles. The number of hydrogen-bond donors (Lipinski definition) is 1. The molecule has 0 aromatic heterocycles. The van der Waals surface area contributed by atoms with Crippen molar-refractivity contribution < 1.29 is 4.79 Å². The molecular formula is C29H45N3O. The van der Waals surface area contributed by atoms with Crippen molar-refractivity contribution in [3.05, 3.63) is 48.0 Å². The molecule has 1 atom stereocenters. The zero-order valence-electron chi connectivity index (χ0n) is 21.4. The van der Waals surface area contributed by atoms with E-state index < -0.39 is 0 Å². The Kier molecular flexibility index (Phi) is 9.76. The van der Waals surface area contributed by atoms with Crippen LogP contribution in [0.1, 0.15) is 65.4 Å².